The number of anilines is 3. The number of allylic oxidation sites excluding steroid dienone is 2. The van der Waals surface area contributed by atoms with E-state index in [2.05, 4.69) is 184 Å². The molecule has 0 amide bonds. The Kier molecular flexibility index (Phi) is 9.04. The first kappa shape index (κ1) is 41.0. The maximum Gasteiger partial charge on any atom is 0.292 e. The van der Waals surface area contributed by atoms with E-state index < -0.39 is 0 Å². The number of thiophene rings is 1. The number of nitrogens with zero attached hydrogens (tertiary/aromatic N) is 2. The predicted octanol–water partition coefficient (Wildman–Crippen LogP) is 14.7. The molecular weight excluding hydrogens is 784 g/mol. The summed E-state index contributed by atoms with van der Waals surface area (Å²) in [7, 11) is 0. The van der Waals surface area contributed by atoms with Gasteiger partial charge in [-0.3, -0.25) is 0 Å². The molecule has 0 radical (unpaired) electrons. The highest BCUT2D eigenvalue weighted by atomic mass is 32.1. The first-order valence-electron chi connectivity index (χ1n) is 23.9. The number of benzene rings is 4. The molecule has 11 rings (SSSR count). The topological polar surface area (TPSA) is 19.6 Å². The minimum Gasteiger partial charge on any atom is -0.468 e. The van der Waals surface area contributed by atoms with Gasteiger partial charge in [-0.1, -0.05) is 129 Å². The van der Waals surface area contributed by atoms with E-state index in [4.69, 9.17) is 4.42 Å². The smallest absolute Gasteiger partial charge is 0.292 e. The van der Waals surface area contributed by atoms with Crippen LogP contribution in [0.15, 0.2) is 119 Å². The fourth-order valence-electron chi connectivity index (χ4n) is 12.5. The second-order valence-corrected chi connectivity index (χ2v) is 23.9. The molecule has 2 unspecified atom stereocenters. The normalized spacial score (nSPS) is 22.0. The highest BCUT2D eigenvalue weighted by molar-refractivity contribution is 7.26. The molecule has 3 nitrogen and oxygen atoms in total. The molecule has 6 aromatic rings. The van der Waals surface area contributed by atoms with Crippen LogP contribution in [0.4, 0.5) is 17.1 Å². The first-order chi connectivity index (χ1) is 29.9. The van der Waals surface area contributed by atoms with E-state index in [0.29, 0.717) is 5.92 Å². The number of furan rings is 1. The molecule has 0 saturated heterocycles. The van der Waals surface area contributed by atoms with Gasteiger partial charge in [0, 0.05) is 32.2 Å². The van der Waals surface area contributed by atoms with E-state index in [-0.39, 0.29) is 40.5 Å². The highest BCUT2D eigenvalue weighted by Gasteiger charge is 2.53. The Morgan fingerprint density at radius 3 is 2.10 bits per heavy atom. The second kappa shape index (κ2) is 13.9. The lowest BCUT2D eigenvalue weighted by Crippen LogP contribution is -2.62. The van der Waals surface area contributed by atoms with Crippen LogP contribution in [-0.2, 0) is 21.7 Å². The zero-order chi connectivity index (χ0) is 44.1. The number of fused-ring (bicyclic) bond motifs is 11. The van der Waals surface area contributed by atoms with Crippen molar-refractivity contribution in [1.82, 2.24) is 0 Å². The van der Waals surface area contributed by atoms with Crippen molar-refractivity contribution in [1.29, 1.82) is 0 Å². The average molecular weight is 849 g/mol. The summed E-state index contributed by atoms with van der Waals surface area (Å²) in [6.07, 6.45) is 16.0. The van der Waals surface area contributed by atoms with Gasteiger partial charge in [0.1, 0.15) is 5.58 Å². The van der Waals surface area contributed by atoms with Crippen LogP contribution in [0.5, 0.6) is 0 Å². The van der Waals surface area contributed by atoms with Gasteiger partial charge in [-0.25, -0.2) is 0 Å². The number of rotatable bonds is 6. The van der Waals surface area contributed by atoms with Crippen LogP contribution < -0.4 is 20.9 Å². The minimum atomic E-state index is -0.0262. The second-order valence-electron chi connectivity index (χ2n) is 22.9. The summed E-state index contributed by atoms with van der Waals surface area (Å²) in [5.74, 6) is 0.489. The average Bonchev–Trinajstić information content (AvgIpc) is 3.81. The molecule has 63 heavy (non-hydrogen) atoms. The third kappa shape index (κ3) is 6.03. The number of hydrogen-bond acceptors (Lipinski definition) is 4. The highest BCUT2D eigenvalue weighted by Crippen LogP contribution is 2.55. The van der Waals surface area contributed by atoms with E-state index in [1.165, 1.54) is 113 Å². The van der Waals surface area contributed by atoms with E-state index in [1.54, 1.807) is 0 Å². The fourth-order valence-corrected chi connectivity index (χ4v) is 13.7. The van der Waals surface area contributed by atoms with E-state index in [0.717, 1.165) is 24.1 Å². The fraction of sp³-hybridized carbons (Fsp3) is 0.414. The largest absolute Gasteiger partial charge is 0.468 e. The van der Waals surface area contributed by atoms with Gasteiger partial charge in [0.2, 0.25) is 0 Å². The Balaban J connectivity index is 1.28. The Bertz CT molecular complexity index is 3020. The van der Waals surface area contributed by atoms with Crippen LogP contribution in [0.25, 0.3) is 31.1 Å². The zero-order valence-corrected chi connectivity index (χ0v) is 40.4. The SMILES string of the molecule is C=CC(C/C=C/C(C)C)N1C2=C3B(c4cc5c(cc41)C(C)(C)CCC5(C)C)c1oc4cc5c(cc4c1N(c1cccc4c1sc1ccccc14)C3CC(C)=C2)C(C)(C)CCC5(C)C. The summed E-state index contributed by atoms with van der Waals surface area (Å²) in [5.41, 5.74) is 17.8. The summed E-state index contributed by atoms with van der Waals surface area (Å²) < 4.78 is 10.3. The molecule has 5 heteroatoms. The maximum atomic E-state index is 7.67. The quantitative estimate of drug-likeness (QED) is 0.123. The minimum absolute atomic E-state index is 0.0262. The van der Waals surface area contributed by atoms with Crippen LogP contribution in [-0.4, -0.2) is 18.8 Å². The lowest BCUT2D eigenvalue weighted by Gasteiger charge is -2.51. The van der Waals surface area contributed by atoms with Crippen molar-refractivity contribution in [3.05, 3.63) is 137 Å². The molecule has 2 aromatic heterocycles. The van der Waals surface area contributed by atoms with Gasteiger partial charge in [0.25, 0.3) is 6.71 Å². The predicted molar refractivity (Wildman–Crippen MR) is 274 cm³/mol. The van der Waals surface area contributed by atoms with Crippen molar-refractivity contribution < 1.29 is 4.42 Å². The van der Waals surface area contributed by atoms with Crippen LogP contribution in [0.2, 0.25) is 0 Å². The standard InChI is InChI=1S/C58H65BN2OS/c1-13-36(19-16-18-34(2)3)60-46-32-42-41(56(7,8)25-26-57(42,9)10)31-44(46)59-51-47(60)28-35(4)29-48(51)61(45-22-17-21-38-37-20-14-15-23-50(37)63-53(38)45)52-39-30-40-43(33-49(39)62-54(52)59)58(11,12)27-24-55(40,5)6/h13-18,20-23,28,30-34,36,48H,1,19,24-27,29H2,2-12H3/b18-16+. The number of hydrogen-bond donors (Lipinski definition) is 0. The van der Waals surface area contributed by atoms with E-state index in [9.17, 15) is 0 Å². The molecule has 322 valence electrons. The molecule has 2 aliphatic heterocycles. The third-order valence-electron chi connectivity index (χ3n) is 16.3. The lowest BCUT2D eigenvalue weighted by molar-refractivity contribution is 0.332. The molecule has 4 aromatic carbocycles. The molecular formula is C58H65BN2OS. The maximum absolute atomic E-state index is 7.67. The molecule has 4 heterocycles. The van der Waals surface area contributed by atoms with Crippen LogP contribution in [0, 0.1) is 5.92 Å². The van der Waals surface area contributed by atoms with Crippen molar-refractivity contribution in [2.45, 2.75) is 148 Å². The van der Waals surface area contributed by atoms with Crippen molar-refractivity contribution in [2.75, 3.05) is 9.80 Å². The van der Waals surface area contributed by atoms with E-state index >= 15 is 0 Å². The van der Waals surface area contributed by atoms with Gasteiger partial charge in [-0.2, -0.15) is 0 Å². The first-order valence-corrected chi connectivity index (χ1v) is 24.7. The Morgan fingerprint density at radius 2 is 1.41 bits per heavy atom. The molecule has 0 bridgehead atoms. The van der Waals surface area contributed by atoms with Gasteiger partial charge < -0.3 is 14.2 Å². The molecule has 3 aliphatic carbocycles. The van der Waals surface area contributed by atoms with E-state index in [1.807, 2.05) is 11.3 Å². The van der Waals surface area contributed by atoms with Gasteiger partial charge in [-0.15, -0.1) is 17.9 Å². The van der Waals surface area contributed by atoms with Gasteiger partial charge >= 0.3 is 0 Å². The molecule has 5 aliphatic rings. The third-order valence-corrected chi connectivity index (χ3v) is 17.5. The summed E-state index contributed by atoms with van der Waals surface area (Å²) >= 11 is 1.94. The Morgan fingerprint density at radius 1 is 0.778 bits per heavy atom. The lowest BCUT2D eigenvalue weighted by atomic mass is 9.33. The van der Waals surface area contributed by atoms with Gasteiger partial charge in [0.05, 0.1) is 33.8 Å². The summed E-state index contributed by atoms with van der Waals surface area (Å²) in [5, 5.41) is 3.92. The van der Waals surface area contributed by atoms with Crippen molar-refractivity contribution >= 4 is 77.4 Å². The molecule has 2 atom stereocenters. The van der Waals surface area contributed by atoms with Crippen molar-refractivity contribution in [2.24, 2.45) is 5.92 Å². The van der Waals surface area contributed by atoms with Crippen LogP contribution in [0.3, 0.4) is 0 Å². The van der Waals surface area contributed by atoms with Crippen LogP contribution in [0.1, 0.15) is 137 Å². The Labute approximate surface area is 380 Å². The monoisotopic (exact) mass is 848 g/mol. The molecule has 0 N–H and O–H groups in total. The van der Waals surface area contributed by atoms with Crippen LogP contribution >= 0.6 is 11.3 Å². The molecule has 0 saturated carbocycles. The molecule has 0 spiro atoms. The van der Waals surface area contributed by atoms with Crippen molar-refractivity contribution in [3.63, 3.8) is 0 Å². The summed E-state index contributed by atoms with van der Waals surface area (Å²) in [4.78, 5) is 5.48. The summed E-state index contributed by atoms with van der Waals surface area (Å²) in [6.45, 7) is 31.2. The van der Waals surface area contributed by atoms with Gasteiger partial charge in [0.15, 0.2) is 0 Å². The molecule has 0 fully saturated rings. The van der Waals surface area contributed by atoms with Gasteiger partial charge in [-0.05, 0) is 143 Å². The Hall–Kier alpha value is -4.74. The van der Waals surface area contributed by atoms with Crippen molar-refractivity contribution in [3.8, 4) is 0 Å². The zero-order valence-electron chi connectivity index (χ0n) is 39.6. The summed E-state index contributed by atoms with van der Waals surface area (Å²) in [6, 6.07) is 26.5.